The van der Waals surface area contributed by atoms with Gasteiger partial charge >= 0.3 is 6.18 Å². The summed E-state index contributed by atoms with van der Waals surface area (Å²) in [6.07, 6.45) is -0.161. The van der Waals surface area contributed by atoms with Gasteiger partial charge in [0, 0.05) is 24.0 Å². The van der Waals surface area contributed by atoms with Crippen molar-refractivity contribution in [2.45, 2.75) is 6.18 Å². The minimum Gasteiger partial charge on any atom is -0.289 e. The molecule has 0 atom stereocenters. The lowest BCUT2D eigenvalue weighted by Crippen LogP contribution is -2.25. The third kappa shape index (κ3) is 4.44. The number of hydrogen-bond acceptors (Lipinski definition) is 5. The van der Waals surface area contributed by atoms with Gasteiger partial charge in [0.2, 0.25) is 0 Å². The molecule has 154 valence electrons. The predicted molar refractivity (Wildman–Crippen MR) is 103 cm³/mol. The zero-order chi connectivity index (χ0) is 21.9. The van der Waals surface area contributed by atoms with E-state index in [1.54, 1.807) is 6.07 Å². The molecular formula is C20H15F4N5O. The van der Waals surface area contributed by atoms with E-state index >= 15 is 0 Å². The van der Waals surface area contributed by atoms with Crippen molar-refractivity contribution in [1.29, 1.82) is 0 Å². The Balaban J connectivity index is 1.79. The number of alkyl halides is 3. The number of hydrazine groups is 1. The molecule has 10 heteroatoms. The lowest BCUT2D eigenvalue weighted by Gasteiger charge is -2.15. The maximum atomic E-state index is 14.1. The van der Waals surface area contributed by atoms with Crippen molar-refractivity contribution >= 4 is 17.0 Å². The Morgan fingerprint density at radius 3 is 2.60 bits per heavy atom. The van der Waals surface area contributed by atoms with Gasteiger partial charge in [0.1, 0.15) is 17.2 Å². The van der Waals surface area contributed by atoms with Gasteiger partial charge in [-0.05, 0) is 30.3 Å². The first-order valence-electron chi connectivity index (χ1n) is 8.46. The number of aromatic nitrogens is 3. The largest absolute Gasteiger partial charge is 0.433 e. The number of anilines is 1. The van der Waals surface area contributed by atoms with Crippen molar-refractivity contribution in [1.82, 2.24) is 14.8 Å². The first-order valence-corrected chi connectivity index (χ1v) is 8.46. The second-order valence-electron chi connectivity index (χ2n) is 6.04. The molecule has 3 aromatic rings. The summed E-state index contributed by atoms with van der Waals surface area (Å²) in [5.41, 5.74) is -0.767. The summed E-state index contributed by atoms with van der Waals surface area (Å²) in [6.45, 7) is 3.71. The number of ketones is 1. The Morgan fingerprint density at radius 2 is 1.90 bits per heavy atom. The van der Waals surface area contributed by atoms with Gasteiger partial charge in [-0.25, -0.2) is 14.9 Å². The zero-order valence-electron chi connectivity index (χ0n) is 15.3. The highest BCUT2D eigenvalue weighted by Crippen LogP contribution is 2.29. The molecule has 2 N–H and O–H groups in total. The van der Waals surface area contributed by atoms with Crippen molar-refractivity contribution in [2.75, 3.05) is 5.01 Å². The van der Waals surface area contributed by atoms with Gasteiger partial charge in [0.25, 0.3) is 0 Å². The van der Waals surface area contributed by atoms with Crippen LogP contribution in [0, 0.1) is 5.82 Å². The molecule has 3 rings (SSSR count). The summed E-state index contributed by atoms with van der Waals surface area (Å²) in [5, 5.41) is 4.86. The van der Waals surface area contributed by atoms with E-state index in [1.807, 2.05) is 0 Å². The van der Waals surface area contributed by atoms with E-state index < -0.39 is 23.5 Å². The Kier molecular flexibility index (Phi) is 5.79. The number of carbonyl (C=O) groups is 1. The first kappa shape index (κ1) is 20.9. The second kappa shape index (κ2) is 8.29. The summed E-state index contributed by atoms with van der Waals surface area (Å²) in [5.74, 6) is 4.59. The van der Waals surface area contributed by atoms with Crippen LogP contribution in [0.1, 0.15) is 11.4 Å². The van der Waals surface area contributed by atoms with Crippen LogP contribution in [0.15, 0.2) is 73.7 Å². The highest BCUT2D eigenvalue weighted by molar-refractivity contribution is 6.25. The molecule has 6 nitrogen and oxygen atoms in total. The van der Waals surface area contributed by atoms with E-state index in [9.17, 15) is 22.4 Å². The van der Waals surface area contributed by atoms with Crippen LogP contribution in [-0.4, -0.2) is 20.5 Å². The second-order valence-corrected chi connectivity index (χ2v) is 6.04. The van der Waals surface area contributed by atoms with Gasteiger partial charge < -0.3 is 0 Å². The van der Waals surface area contributed by atoms with Gasteiger partial charge in [0.15, 0.2) is 5.78 Å². The van der Waals surface area contributed by atoms with E-state index in [0.29, 0.717) is 0 Å². The molecule has 1 aromatic carbocycles. The predicted octanol–water partition coefficient (Wildman–Crippen LogP) is 3.90. The summed E-state index contributed by atoms with van der Waals surface area (Å²) in [6, 6.07) is 9.36. The van der Waals surface area contributed by atoms with Crippen LogP contribution in [-0.2, 0) is 11.0 Å². The van der Waals surface area contributed by atoms with Crippen molar-refractivity contribution in [3.8, 4) is 5.69 Å². The molecule has 30 heavy (non-hydrogen) atoms. The van der Waals surface area contributed by atoms with Gasteiger partial charge in [0.05, 0.1) is 17.6 Å². The molecule has 0 radical (unpaired) electrons. The molecule has 0 saturated heterocycles. The first-order chi connectivity index (χ1) is 14.2. The molecule has 0 aliphatic heterocycles. The fourth-order valence-corrected chi connectivity index (χ4v) is 2.54. The molecule has 0 fully saturated rings. The minimum absolute atomic E-state index is 0.00823. The number of rotatable bonds is 6. The summed E-state index contributed by atoms with van der Waals surface area (Å²) in [7, 11) is 0. The monoisotopic (exact) mass is 417 g/mol. The van der Waals surface area contributed by atoms with Crippen LogP contribution >= 0.6 is 0 Å². The number of nitrogens with zero attached hydrogens (tertiary/aromatic N) is 4. The van der Waals surface area contributed by atoms with Crippen LogP contribution in [0.5, 0.6) is 0 Å². The van der Waals surface area contributed by atoms with Crippen molar-refractivity contribution < 1.29 is 22.4 Å². The molecule has 0 saturated carbocycles. The Labute approximate surface area is 168 Å². The fourth-order valence-electron chi connectivity index (χ4n) is 2.54. The van der Waals surface area contributed by atoms with E-state index in [1.165, 1.54) is 41.2 Å². The number of halogens is 4. The quantitative estimate of drug-likeness (QED) is 0.285. The summed E-state index contributed by atoms with van der Waals surface area (Å²) in [4.78, 5) is 15.7. The normalized spacial score (nSPS) is 11.6. The molecule has 0 unspecified atom stereocenters. The maximum Gasteiger partial charge on any atom is 0.433 e. The number of para-hydroxylation sites is 1. The van der Waals surface area contributed by atoms with Crippen LogP contribution in [0.4, 0.5) is 23.2 Å². The number of carbonyl (C=O) groups excluding carboxylic acids is 1. The molecule has 0 amide bonds. The molecule has 0 spiro atoms. The van der Waals surface area contributed by atoms with Crippen LogP contribution < -0.4 is 10.9 Å². The molecule has 0 aliphatic carbocycles. The van der Waals surface area contributed by atoms with E-state index in [-0.39, 0.29) is 22.6 Å². The van der Waals surface area contributed by atoms with Crippen LogP contribution in [0.3, 0.4) is 0 Å². The third-order valence-electron chi connectivity index (χ3n) is 4.05. The van der Waals surface area contributed by atoms with Gasteiger partial charge in [-0.2, -0.15) is 18.3 Å². The van der Waals surface area contributed by atoms with Gasteiger partial charge in [-0.15, -0.1) is 0 Å². The Hall–Kier alpha value is -3.79. The number of hydrogen-bond donors (Lipinski definition) is 1. The molecule has 2 heterocycles. The highest BCUT2D eigenvalue weighted by atomic mass is 19.4. The zero-order valence-corrected chi connectivity index (χ0v) is 15.3. The van der Waals surface area contributed by atoms with Crippen LogP contribution in [0.25, 0.3) is 11.3 Å². The van der Waals surface area contributed by atoms with Crippen LogP contribution in [0.2, 0.25) is 0 Å². The SMILES string of the molecule is C=C(C(=O)/C=C\N(N)c1ccnc(C(F)(F)F)c1)c1ccnn1-c1ccccc1F. The van der Waals surface area contributed by atoms with E-state index in [4.69, 9.17) is 5.84 Å². The standard InChI is InChI=1S/C20H15F4N5O/c1-13(16-7-10-27-29(16)17-5-3-2-4-15(17)21)18(30)8-11-28(25)14-6-9-26-19(12-14)20(22,23)24/h2-12H,1,25H2/b11-8-. The number of nitrogens with two attached hydrogens (primary N) is 1. The lowest BCUT2D eigenvalue weighted by atomic mass is 10.1. The van der Waals surface area contributed by atoms with Gasteiger partial charge in [-0.3, -0.25) is 14.8 Å². The lowest BCUT2D eigenvalue weighted by molar-refractivity contribution is -0.141. The number of allylic oxidation sites excluding steroid dienone is 2. The molecular weight excluding hydrogens is 402 g/mol. The average Bonchev–Trinajstić information content (AvgIpc) is 3.20. The van der Waals surface area contributed by atoms with Crippen molar-refractivity contribution in [3.05, 3.63) is 90.9 Å². The third-order valence-corrected chi connectivity index (χ3v) is 4.05. The fraction of sp³-hybridized carbons (Fsp3) is 0.0500. The highest BCUT2D eigenvalue weighted by Gasteiger charge is 2.32. The minimum atomic E-state index is -4.63. The number of benzene rings is 1. The topological polar surface area (TPSA) is 77.0 Å². The average molecular weight is 417 g/mol. The number of pyridine rings is 1. The van der Waals surface area contributed by atoms with Gasteiger partial charge in [-0.1, -0.05) is 18.7 Å². The van der Waals surface area contributed by atoms with E-state index in [2.05, 4.69) is 16.7 Å². The summed E-state index contributed by atoms with van der Waals surface area (Å²) >= 11 is 0. The smallest absolute Gasteiger partial charge is 0.289 e. The van der Waals surface area contributed by atoms with Crippen molar-refractivity contribution in [2.24, 2.45) is 5.84 Å². The Bertz CT molecular complexity index is 1120. The van der Waals surface area contributed by atoms with E-state index in [0.717, 1.165) is 29.5 Å². The molecule has 0 bridgehead atoms. The maximum absolute atomic E-state index is 14.1. The molecule has 0 aliphatic rings. The summed E-state index contributed by atoms with van der Waals surface area (Å²) < 4.78 is 53.6. The Morgan fingerprint density at radius 1 is 1.17 bits per heavy atom. The van der Waals surface area contributed by atoms with Crippen molar-refractivity contribution in [3.63, 3.8) is 0 Å². The molecule has 2 aromatic heterocycles.